The number of ether oxygens (including phenoxy) is 3. The molecule has 2 aliphatic rings. The Morgan fingerprint density at radius 2 is 1.91 bits per heavy atom. The first-order valence-electron chi connectivity index (χ1n) is 7.20. The van der Waals surface area contributed by atoms with Crippen LogP contribution in [0.4, 0.5) is 5.95 Å². The van der Waals surface area contributed by atoms with Crippen molar-refractivity contribution in [3.8, 4) is 12.0 Å². The minimum Gasteiger partial charge on any atom is -0.467 e. The van der Waals surface area contributed by atoms with Crippen molar-refractivity contribution >= 4 is 11.9 Å². The van der Waals surface area contributed by atoms with Gasteiger partial charge in [-0.3, -0.25) is 4.79 Å². The highest BCUT2D eigenvalue weighted by Crippen LogP contribution is 2.21. The Balaban J connectivity index is 1.71. The molecule has 120 valence electrons. The minimum absolute atomic E-state index is 0.0832. The second-order valence-corrected chi connectivity index (χ2v) is 5.20. The minimum atomic E-state index is -0.525. The third kappa shape index (κ3) is 3.35. The Morgan fingerprint density at radius 1 is 1.23 bits per heavy atom. The number of methoxy groups -OCH3 is 2. The summed E-state index contributed by atoms with van der Waals surface area (Å²) in [6.07, 6.45) is 1.57. The van der Waals surface area contributed by atoms with Gasteiger partial charge in [0.1, 0.15) is 0 Å². The molecule has 9 heteroatoms. The van der Waals surface area contributed by atoms with E-state index in [4.69, 9.17) is 14.2 Å². The van der Waals surface area contributed by atoms with Crippen molar-refractivity contribution in [3.05, 3.63) is 0 Å². The highest BCUT2D eigenvalue weighted by Gasteiger charge is 2.32. The molecule has 2 fully saturated rings. The number of nitrogens with one attached hydrogen (secondary N) is 1. The monoisotopic (exact) mass is 309 g/mol. The fraction of sp³-hybridized carbons (Fsp3) is 0.692. The lowest BCUT2D eigenvalue weighted by Crippen LogP contribution is -2.50. The number of nitrogens with zero attached hydrogens (tertiary/aromatic N) is 4. The molecule has 0 spiro atoms. The normalized spacial score (nSPS) is 21.4. The van der Waals surface area contributed by atoms with Gasteiger partial charge in [0.05, 0.1) is 27.4 Å². The summed E-state index contributed by atoms with van der Waals surface area (Å²) in [5.74, 6) is 0.330. The first-order chi connectivity index (χ1) is 10.7. The summed E-state index contributed by atoms with van der Waals surface area (Å²) in [6, 6.07) is 0.656. The topological polar surface area (TPSA) is 98.7 Å². The first-order valence-corrected chi connectivity index (χ1v) is 7.20. The Morgan fingerprint density at radius 3 is 2.50 bits per heavy atom. The Kier molecular flexibility index (Phi) is 4.23. The van der Waals surface area contributed by atoms with E-state index >= 15 is 0 Å². The van der Waals surface area contributed by atoms with Crippen LogP contribution in [-0.4, -0.2) is 66.9 Å². The summed E-state index contributed by atoms with van der Waals surface area (Å²) in [5.41, 5.74) is 0. The van der Waals surface area contributed by atoms with Crippen molar-refractivity contribution < 1.29 is 19.0 Å². The Labute approximate surface area is 128 Å². The average molecular weight is 309 g/mol. The summed E-state index contributed by atoms with van der Waals surface area (Å²) in [6.45, 7) is 1.40. The van der Waals surface area contributed by atoms with Gasteiger partial charge in [0.25, 0.3) is 5.91 Å². The van der Waals surface area contributed by atoms with E-state index < -0.39 is 6.10 Å². The maximum absolute atomic E-state index is 12.1. The van der Waals surface area contributed by atoms with Crippen molar-refractivity contribution in [1.82, 2.24) is 20.3 Å². The second-order valence-electron chi connectivity index (χ2n) is 5.20. The summed E-state index contributed by atoms with van der Waals surface area (Å²) < 4.78 is 15.6. The van der Waals surface area contributed by atoms with Crippen LogP contribution in [0.2, 0.25) is 0 Å². The van der Waals surface area contributed by atoms with Gasteiger partial charge in [0, 0.05) is 12.6 Å². The van der Waals surface area contributed by atoms with Crippen LogP contribution in [0.5, 0.6) is 12.0 Å². The molecule has 22 heavy (non-hydrogen) atoms. The highest BCUT2D eigenvalue weighted by molar-refractivity contribution is 5.82. The van der Waals surface area contributed by atoms with E-state index in [1.54, 1.807) is 0 Å². The van der Waals surface area contributed by atoms with Crippen molar-refractivity contribution in [2.24, 2.45) is 0 Å². The van der Waals surface area contributed by atoms with Crippen LogP contribution in [0.3, 0.4) is 0 Å². The first kappa shape index (κ1) is 14.8. The largest absolute Gasteiger partial charge is 0.467 e. The van der Waals surface area contributed by atoms with Crippen LogP contribution in [0, 0.1) is 0 Å². The quantitative estimate of drug-likeness (QED) is 0.768. The predicted octanol–water partition coefficient (Wildman–Crippen LogP) is -0.627. The van der Waals surface area contributed by atoms with Gasteiger partial charge in [-0.1, -0.05) is 0 Å². The van der Waals surface area contributed by atoms with Gasteiger partial charge in [0.15, 0.2) is 6.10 Å². The van der Waals surface area contributed by atoms with Crippen LogP contribution in [0.15, 0.2) is 0 Å². The molecule has 1 aliphatic carbocycles. The zero-order valence-corrected chi connectivity index (χ0v) is 12.6. The number of amides is 1. The number of hydrogen-bond acceptors (Lipinski definition) is 8. The summed E-state index contributed by atoms with van der Waals surface area (Å²) in [4.78, 5) is 26.3. The molecule has 9 nitrogen and oxygen atoms in total. The molecule has 1 saturated heterocycles. The molecule has 1 amide bonds. The fourth-order valence-corrected chi connectivity index (χ4v) is 2.16. The molecule has 1 N–H and O–H groups in total. The Hall–Kier alpha value is -2.16. The van der Waals surface area contributed by atoms with Gasteiger partial charge in [-0.05, 0) is 12.8 Å². The smallest absolute Gasteiger partial charge is 0.324 e. The van der Waals surface area contributed by atoms with Gasteiger partial charge in [-0.15, -0.1) is 4.98 Å². The van der Waals surface area contributed by atoms with E-state index in [9.17, 15) is 4.79 Å². The van der Waals surface area contributed by atoms with Crippen LogP contribution in [0.25, 0.3) is 0 Å². The summed E-state index contributed by atoms with van der Waals surface area (Å²) in [5, 5.41) is 2.95. The van der Waals surface area contributed by atoms with Gasteiger partial charge in [0.2, 0.25) is 5.95 Å². The SMILES string of the molecule is COc1nc(OC)nc(N2CCOC(C(=O)NC3CC3)C2)n1. The van der Waals surface area contributed by atoms with Gasteiger partial charge < -0.3 is 24.4 Å². The molecule has 0 radical (unpaired) electrons. The molecule has 2 heterocycles. The standard InChI is InChI=1S/C13H19N5O4/c1-20-12-15-11(16-13(17-12)21-2)18-5-6-22-9(7-18)10(19)14-8-3-4-8/h8-9H,3-7H2,1-2H3,(H,14,19). The van der Waals surface area contributed by atoms with Gasteiger partial charge in [-0.2, -0.15) is 9.97 Å². The van der Waals surface area contributed by atoms with Crippen LogP contribution >= 0.6 is 0 Å². The van der Waals surface area contributed by atoms with E-state index in [0.717, 1.165) is 12.8 Å². The number of rotatable bonds is 5. The average Bonchev–Trinajstić information content (AvgIpc) is 3.38. The number of anilines is 1. The molecule has 1 aliphatic heterocycles. The van der Waals surface area contributed by atoms with E-state index in [2.05, 4.69) is 20.3 Å². The lowest BCUT2D eigenvalue weighted by atomic mass is 10.2. The lowest BCUT2D eigenvalue weighted by molar-refractivity contribution is -0.133. The zero-order valence-electron chi connectivity index (χ0n) is 12.6. The van der Waals surface area contributed by atoms with Crippen LogP contribution < -0.4 is 19.7 Å². The summed E-state index contributed by atoms with van der Waals surface area (Å²) >= 11 is 0. The van der Waals surface area contributed by atoms with Crippen molar-refractivity contribution in [3.63, 3.8) is 0 Å². The Bertz CT molecular complexity index is 529. The number of aromatic nitrogens is 3. The predicted molar refractivity (Wildman–Crippen MR) is 76.0 cm³/mol. The molecule has 1 aromatic heterocycles. The molecular weight excluding hydrogens is 290 g/mol. The fourth-order valence-electron chi connectivity index (χ4n) is 2.16. The van der Waals surface area contributed by atoms with Crippen LogP contribution in [-0.2, 0) is 9.53 Å². The van der Waals surface area contributed by atoms with E-state index in [-0.39, 0.29) is 17.9 Å². The molecule has 3 rings (SSSR count). The molecule has 1 saturated carbocycles. The molecular formula is C13H19N5O4. The highest BCUT2D eigenvalue weighted by atomic mass is 16.5. The van der Waals surface area contributed by atoms with Crippen molar-refractivity contribution in [2.45, 2.75) is 25.0 Å². The molecule has 0 aromatic carbocycles. The number of morpholine rings is 1. The van der Waals surface area contributed by atoms with Gasteiger partial charge >= 0.3 is 12.0 Å². The second kappa shape index (κ2) is 6.30. The molecule has 0 bridgehead atoms. The summed E-state index contributed by atoms with van der Waals surface area (Å²) in [7, 11) is 2.95. The van der Waals surface area contributed by atoms with E-state index in [0.29, 0.717) is 31.7 Å². The van der Waals surface area contributed by atoms with Crippen molar-refractivity contribution in [1.29, 1.82) is 0 Å². The van der Waals surface area contributed by atoms with E-state index in [1.807, 2.05) is 4.90 Å². The number of hydrogen-bond donors (Lipinski definition) is 1. The number of carbonyl (C=O) groups is 1. The van der Waals surface area contributed by atoms with Crippen LogP contribution in [0.1, 0.15) is 12.8 Å². The zero-order chi connectivity index (χ0) is 15.5. The number of carbonyl (C=O) groups excluding carboxylic acids is 1. The maximum Gasteiger partial charge on any atom is 0.324 e. The third-order valence-electron chi connectivity index (χ3n) is 3.51. The molecule has 1 atom stereocenters. The van der Waals surface area contributed by atoms with Gasteiger partial charge in [-0.25, -0.2) is 0 Å². The third-order valence-corrected chi connectivity index (χ3v) is 3.51. The maximum atomic E-state index is 12.1. The van der Waals surface area contributed by atoms with Crippen molar-refractivity contribution in [2.75, 3.05) is 38.8 Å². The molecule has 1 unspecified atom stereocenters. The molecule has 1 aromatic rings. The lowest BCUT2D eigenvalue weighted by Gasteiger charge is -2.32. The van der Waals surface area contributed by atoms with E-state index in [1.165, 1.54) is 14.2 Å².